The van der Waals surface area contributed by atoms with Gasteiger partial charge in [0.1, 0.15) is 0 Å². The summed E-state index contributed by atoms with van der Waals surface area (Å²) < 4.78 is 2.01. The van der Waals surface area contributed by atoms with Crippen LogP contribution in [0, 0.1) is 0 Å². The van der Waals surface area contributed by atoms with Crippen LogP contribution in [0.15, 0.2) is 43.0 Å². The first-order valence-corrected chi connectivity index (χ1v) is 6.86. The van der Waals surface area contributed by atoms with E-state index >= 15 is 0 Å². The van der Waals surface area contributed by atoms with E-state index in [0.29, 0.717) is 10.0 Å². The maximum atomic E-state index is 6.03. The SMILES string of the molecule is CONC(=CCCn1ccnc1)c1ccc(Cl)c(Cl)c1. The molecule has 0 saturated heterocycles. The predicted octanol–water partition coefficient (Wildman–Crippen LogP) is 3.77. The smallest absolute Gasteiger partial charge is 0.0946 e. The van der Waals surface area contributed by atoms with E-state index < -0.39 is 0 Å². The maximum absolute atomic E-state index is 6.03. The lowest BCUT2D eigenvalue weighted by molar-refractivity contribution is 0.136. The number of benzene rings is 1. The fraction of sp³-hybridized carbons (Fsp3) is 0.214. The summed E-state index contributed by atoms with van der Waals surface area (Å²) in [5.41, 5.74) is 4.64. The van der Waals surface area contributed by atoms with E-state index in [-0.39, 0.29) is 0 Å². The molecule has 1 aromatic carbocycles. The number of hydrogen-bond donors (Lipinski definition) is 1. The summed E-state index contributed by atoms with van der Waals surface area (Å²) in [6.07, 6.45) is 8.36. The third-order valence-corrected chi connectivity index (χ3v) is 3.48. The zero-order valence-corrected chi connectivity index (χ0v) is 12.5. The lowest BCUT2D eigenvalue weighted by atomic mass is 10.1. The summed E-state index contributed by atoms with van der Waals surface area (Å²) in [5, 5.41) is 1.05. The lowest BCUT2D eigenvalue weighted by Gasteiger charge is -2.10. The number of hydroxylamine groups is 1. The minimum Gasteiger partial charge on any atom is -0.337 e. The molecule has 4 nitrogen and oxygen atoms in total. The zero-order valence-electron chi connectivity index (χ0n) is 11.0. The van der Waals surface area contributed by atoms with Gasteiger partial charge in [0.05, 0.1) is 29.2 Å². The van der Waals surface area contributed by atoms with Gasteiger partial charge < -0.3 is 4.57 Å². The monoisotopic (exact) mass is 311 g/mol. The Morgan fingerprint density at radius 1 is 1.40 bits per heavy atom. The molecule has 1 N–H and O–H groups in total. The number of nitrogens with zero attached hydrogens (tertiary/aromatic N) is 2. The normalized spacial score (nSPS) is 11.7. The highest BCUT2D eigenvalue weighted by Crippen LogP contribution is 2.25. The quantitative estimate of drug-likeness (QED) is 0.825. The molecule has 0 aliphatic rings. The molecule has 1 aromatic heterocycles. The van der Waals surface area contributed by atoms with E-state index in [1.165, 1.54) is 0 Å². The second-order valence-electron chi connectivity index (χ2n) is 4.14. The van der Waals surface area contributed by atoms with Gasteiger partial charge in [-0.25, -0.2) is 4.98 Å². The van der Waals surface area contributed by atoms with Gasteiger partial charge in [0.2, 0.25) is 0 Å². The van der Waals surface area contributed by atoms with E-state index in [9.17, 15) is 0 Å². The van der Waals surface area contributed by atoms with Crippen LogP contribution < -0.4 is 5.48 Å². The van der Waals surface area contributed by atoms with Crippen LogP contribution >= 0.6 is 23.2 Å². The molecule has 0 atom stereocenters. The fourth-order valence-electron chi connectivity index (χ4n) is 1.77. The van der Waals surface area contributed by atoms with Crippen molar-refractivity contribution in [2.45, 2.75) is 13.0 Å². The van der Waals surface area contributed by atoms with Gasteiger partial charge in [0, 0.05) is 24.5 Å². The van der Waals surface area contributed by atoms with Crippen LogP contribution in [-0.2, 0) is 11.4 Å². The Morgan fingerprint density at radius 3 is 2.90 bits per heavy atom. The molecule has 20 heavy (non-hydrogen) atoms. The third kappa shape index (κ3) is 4.00. The number of allylic oxidation sites excluding steroid dienone is 1. The Labute approximate surface area is 127 Å². The van der Waals surface area contributed by atoms with Crippen molar-refractivity contribution in [3.8, 4) is 0 Å². The number of aryl methyl sites for hydroxylation is 1. The first-order chi connectivity index (χ1) is 9.70. The Bertz CT molecular complexity index is 582. The van der Waals surface area contributed by atoms with E-state index in [1.807, 2.05) is 22.9 Å². The molecule has 6 heteroatoms. The van der Waals surface area contributed by atoms with Crippen LogP contribution in [0.25, 0.3) is 5.70 Å². The number of halogens is 2. The Balaban J connectivity index is 2.10. The van der Waals surface area contributed by atoms with Gasteiger partial charge in [0.15, 0.2) is 0 Å². The first kappa shape index (κ1) is 14.9. The van der Waals surface area contributed by atoms with Crippen molar-refractivity contribution in [2.24, 2.45) is 0 Å². The summed E-state index contributed by atoms with van der Waals surface area (Å²) in [4.78, 5) is 9.01. The van der Waals surface area contributed by atoms with E-state index in [4.69, 9.17) is 28.0 Å². The standard InChI is InChI=1S/C14H15Cl2N3O/c1-20-18-14(3-2-7-19-8-6-17-10-19)11-4-5-12(15)13(16)9-11/h3-6,8-10,18H,2,7H2,1H3. The highest BCUT2D eigenvalue weighted by Gasteiger charge is 2.04. The van der Waals surface area contributed by atoms with Crippen LogP contribution in [0.3, 0.4) is 0 Å². The number of aromatic nitrogens is 2. The van der Waals surface area contributed by atoms with Gasteiger partial charge in [-0.2, -0.15) is 0 Å². The molecule has 0 amide bonds. The lowest BCUT2D eigenvalue weighted by Crippen LogP contribution is -2.10. The Hall–Kier alpha value is -1.49. The van der Waals surface area contributed by atoms with Crippen molar-refractivity contribution in [1.29, 1.82) is 0 Å². The second kappa shape index (κ2) is 7.33. The second-order valence-corrected chi connectivity index (χ2v) is 4.96. The Kier molecular flexibility index (Phi) is 5.47. The van der Waals surface area contributed by atoms with E-state index in [2.05, 4.69) is 10.5 Å². The summed E-state index contributed by atoms with van der Waals surface area (Å²) in [7, 11) is 1.57. The molecule has 0 saturated carbocycles. The summed E-state index contributed by atoms with van der Waals surface area (Å²) >= 11 is 12.0. The van der Waals surface area contributed by atoms with Gasteiger partial charge in [-0.3, -0.25) is 10.3 Å². The van der Waals surface area contributed by atoms with Crippen molar-refractivity contribution >= 4 is 28.9 Å². The predicted molar refractivity (Wildman–Crippen MR) is 81.4 cm³/mol. The first-order valence-electron chi connectivity index (χ1n) is 6.11. The molecule has 106 valence electrons. The molecular weight excluding hydrogens is 297 g/mol. The van der Waals surface area contributed by atoms with Gasteiger partial charge in [-0.05, 0) is 18.6 Å². The van der Waals surface area contributed by atoms with Gasteiger partial charge in [-0.15, -0.1) is 0 Å². The molecule has 2 rings (SSSR count). The van der Waals surface area contributed by atoms with Gasteiger partial charge in [0.25, 0.3) is 0 Å². The van der Waals surface area contributed by atoms with Crippen LogP contribution in [0.4, 0.5) is 0 Å². The largest absolute Gasteiger partial charge is 0.337 e. The molecule has 0 aliphatic carbocycles. The van der Waals surface area contributed by atoms with E-state index in [0.717, 1.165) is 24.2 Å². The maximum Gasteiger partial charge on any atom is 0.0946 e. The summed E-state index contributed by atoms with van der Waals surface area (Å²) in [6.45, 7) is 0.843. The minimum atomic E-state index is 0.516. The molecule has 1 heterocycles. The van der Waals surface area contributed by atoms with Crippen molar-refractivity contribution in [2.75, 3.05) is 7.11 Å². The van der Waals surface area contributed by atoms with Crippen molar-refractivity contribution in [3.05, 3.63) is 58.6 Å². The van der Waals surface area contributed by atoms with Crippen LogP contribution in [-0.4, -0.2) is 16.7 Å². The number of imidazole rings is 1. The third-order valence-electron chi connectivity index (χ3n) is 2.74. The minimum absolute atomic E-state index is 0.516. The summed E-state index contributed by atoms with van der Waals surface area (Å²) in [6, 6.07) is 5.46. The molecule has 0 fully saturated rings. The van der Waals surface area contributed by atoms with Gasteiger partial charge >= 0.3 is 0 Å². The number of rotatable bonds is 6. The zero-order chi connectivity index (χ0) is 14.4. The molecule has 0 aliphatic heterocycles. The fourth-order valence-corrected chi connectivity index (χ4v) is 2.07. The Morgan fingerprint density at radius 2 is 2.25 bits per heavy atom. The van der Waals surface area contributed by atoms with Crippen LogP contribution in [0.2, 0.25) is 10.0 Å². The van der Waals surface area contributed by atoms with Crippen LogP contribution in [0.1, 0.15) is 12.0 Å². The van der Waals surface area contributed by atoms with Crippen molar-refractivity contribution < 1.29 is 4.84 Å². The molecule has 0 unspecified atom stereocenters. The highest BCUT2D eigenvalue weighted by atomic mass is 35.5. The van der Waals surface area contributed by atoms with Gasteiger partial charge in [-0.1, -0.05) is 35.3 Å². The number of nitrogens with one attached hydrogen (secondary N) is 1. The number of hydrogen-bond acceptors (Lipinski definition) is 3. The van der Waals surface area contributed by atoms with Crippen LogP contribution in [0.5, 0.6) is 0 Å². The summed E-state index contributed by atoms with van der Waals surface area (Å²) in [5.74, 6) is 0. The molecular formula is C14H15Cl2N3O. The molecule has 2 aromatic rings. The average molecular weight is 312 g/mol. The van der Waals surface area contributed by atoms with Crippen molar-refractivity contribution in [3.63, 3.8) is 0 Å². The highest BCUT2D eigenvalue weighted by molar-refractivity contribution is 6.42. The topological polar surface area (TPSA) is 39.1 Å². The van der Waals surface area contributed by atoms with E-state index in [1.54, 1.807) is 31.8 Å². The molecule has 0 radical (unpaired) electrons. The van der Waals surface area contributed by atoms with Crippen molar-refractivity contribution in [1.82, 2.24) is 15.0 Å². The molecule has 0 bridgehead atoms. The average Bonchev–Trinajstić information content (AvgIpc) is 2.94. The molecule has 0 spiro atoms.